The lowest BCUT2D eigenvalue weighted by molar-refractivity contribution is 0.104. The van der Waals surface area contributed by atoms with Crippen LogP contribution in [-0.2, 0) is 0 Å². The van der Waals surface area contributed by atoms with Crippen LogP contribution < -0.4 is 15.8 Å². The molecule has 0 radical (unpaired) electrons. The third kappa shape index (κ3) is 4.24. The van der Waals surface area contributed by atoms with Gasteiger partial charge < -0.3 is 20.7 Å². The van der Waals surface area contributed by atoms with E-state index in [0.29, 0.717) is 40.1 Å². The van der Waals surface area contributed by atoms with Crippen molar-refractivity contribution in [1.82, 2.24) is 4.90 Å². The summed E-state index contributed by atoms with van der Waals surface area (Å²) in [5.74, 6) is 0.0213. The van der Waals surface area contributed by atoms with Gasteiger partial charge in [-0.15, -0.1) is 0 Å². The highest BCUT2D eigenvalue weighted by atomic mass is 35.5. The molecule has 0 unspecified atom stereocenters. The molecule has 2 saturated heterocycles. The number of nitrogens with one attached hydrogen (secondary N) is 1. The molecule has 3 atom stereocenters. The van der Waals surface area contributed by atoms with Crippen molar-refractivity contribution < 1.29 is 13.9 Å². The van der Waals surface area contributed by atoms with Gasteiger partial charge in [0, 0.05) is 47.3 Å². The van der Waals surface area contributed by atoms with Gasteiger partial charge in [-0.25, -0.2) is 4.39 Å². The molecule has 4 rings (SSSR count). The highest BCUT2D eigenvalue weighted by Crippen LogP contribution is 2.37. The minimum absolute atomic E-state index is 0.173. The fourth-order valence-electron chi connectivity index (χ4n) is 4.54. The van der Waals surface area contributed by atoms with Crippen molar-refractivity contribution in [3.8, 4) is 5.75 Å². The van der Waals surface area contributed by atoms with Gasteiger partial charge in [0.25, 0.3) is 0 Å². The van der Waals surface area contributed by atoms with Gasteiger partial charge >= 0.3 is 0 Å². The van der Waals surface area contributed by atoms with Crippen molar-refractivity contribution in [2.75, 3.05) is 18.2 Å². The number of fused-ring (bicyclic) bond motifs is 2. The molecular weight excluding hydrogens is 405 g/mol. The number of nitrogens with two attached hydrogens (primary N) is 1. The van der Waals surface area contributed by atoms with Crippen LogP contribution in [0.25, 0.3) is 0 Å². The largest absolute Gasteiger partial charge is 0.495 e. The molecule has 0 spiro atoms. The Kier molecular flexibility index (Phi) is 5.86. The topological polar surface area (TPSA) is 67.6 Å². The van der Waals surface area contributed by atoms with Gasteiger partial charge in [0.2, 0.25) is 0 Å². The average molecular weight is 430 g/mol. The lowest BCUT2D eigenvalue weighted by Crippen LogP contribution is -2.44. The zero-order valence-electron chi connectivity index (χ0n) is 16.8. The molecule has 158 valence electrons. The monoisotopic (exact) mass is 429 g/mol. The number of nitrogen functional groups attached to an aromatic ring is 1. The predicted octanol–water partition coefficient (Wildman–Crippen LogP) is 4.87. The van der Waals surface area contributed by atoms with Gasteiger partial charge in [0.15, 0.2) is 5.78 Å². The Hall–Kier alpha value is -2.73. The van der Waals surface area contributed by atoms with Crippen LogP contribution in [-0.4, -0.2) is 35.9 Å². The Bertz CT molecular complexity index is 950. The van der Waals surface area contributed by atoms with Gasteiger partial charge in [-0.05, 0) is 62.1 Å². The molecule has 2 aromatic carbocycles. The number of carbonyl (C=O) groups excluding carboxylic acids is 1. The molecule has 30 heavy (non-hydrogen) atoms. The Labute approximate surface area is 180 Å². The first-order valence-corrected chi connectivity index (χ1v) is 10.5. The van der Waals surface area contributed by atoms with Crippen LogP contribution in [0.2, 0.25) is 5.02 Å². The molecule has 0 saturated carbocycles. The minimum atomic E-state index is -0.232. The summed E-state index contributed by atoms with van der Waals surface area (Å²) in [4.78, 5) is 15.0. The fraction of sp³-hybridized carbons (Fsp3) is 0.348. The molecule has 2 aliphatic rings. The summed E-state index contributed by atoms with van der Waals surface area (Å²) >= 11 is 6.06. The lowest BCUT2D eigenvalue weighted by Gasteiger charge is -2.39. The Morgan fingerprint density at radius 3 is 2.53 bits per heavy atom. The first kappa shape index (κ1) is 20.5. The Morgan fingerprint density at radius 1 is 1.23 bits per heavy atom. The van der Waals surface area contributed by atoms with Crippen LogP contribution in [0.3, 0.4) is 0 Å². The van der Waals surface area contributed by atoms with Crippen LogP contribution >= 0.6 is 11.6 Å². The number of ketones is 1. The number of hydrogen-bond acceptors (Lipinski definition) is 5. The zero-order valence-corrected chi connectivity index (χ0v) is 17.5. The van der Waals surface area contributed by atoms with Crippen LogP contribution in [0.15, 0.2) is 48.7 Å². The van der Waals surface area contributed by atoms with Gasteiger partial charge in [-0.1, -0.05) is 11.6 Å². The van der Waals surface area contributed by atoms with Crippen molar-refractivity contribution in [2.24, 2.45) is 0 Å². The summed E-state index contributed by atoms with van der Waals surface area (Å²) in [5.41, 5.74) is 7.64. The van der Waals surface area contributed by atoms with E-state index in [1.807, 2.05) is 6.20 Å². The molecule has 2 bridgehead atoms. The van der Waals surface area contributed by atoms with Crippen molar-refractivity contribution in [1.29, 1.82) is 0 Å². The second kappa shape index (κ2) is 8.56. The van der Waals surface area contributed by atoms with Crippen LogP contribution in [0.4, 0.5) is 15.8 Å². The normalized spacial score (nSPS) is 23.0. The summed E-state index contributed by atoms with van der Waals surface area (Å²) in [7, 11) is 1.50. The first-order chi connectivity index (χ1) is 14.4. The van der Waals surface area contributed by atoms with E-state index in [1.165, 1.54) is 25.3 Å². The van der Waals surface area contributed by atoms with E-state index in [0.717, 1.165) is 31.4 Å². The first-order valence-electron chi connectivity index (χ1n) is 10.1. The van der Waals surface area contributed by atoms with E-state index < -0.39 is 0 Å². The van der Waals surface area contributed by atoms with Gasteiger partial charge in [0.1, 0.15) is 11.6 Å². The van der Waals surface area contributed by atoms with E-state index >= 15 is 0 Å². The second-order valence-electron chi connectivity index (χ2n) is 7.91. The molecule has 2 aliphatic heterocycles. The third-order valence-electron chi connectivity index (χ3n) is 5.99. The van der Waals surface area contributed by atoms with E-state index in [2.05, 4.69) is 10.2 Å². The number of ether oxygens (including phenoxy) is 1. The summed E-state index contributed by atoms with van der Waals surface area (Å²) in [6, 6.07) is 10.7. The SMILES string of the molecule is COc1cc(C(=O)/C=C/N2[C@@H]3CC[C@H]2C[C@@H](Nc2ccc(F)cc2)C3)c(N)cc1Cl. The average Bonchev–Trinajstić information content (AvgIpc) is 2.96. The third-order valence-corrected chi connectivity index (χ3v) is 6.29. The number of methoxy groups -OCH3 is 1. The minimum Gasteiger partial charge on any atom is -0.495 e. The molecule has 0 amide bonds. The van der Waals surface area contributed by atoms with E-state index in [9.17, 15) is 9.18 Å². The lowest BCUT2D eigenvalue weighted by atomic mass is 9.97. The molecular formula is C23H25ClFN3O2. The summed E-state index contributed by atoms with van der Waals surface area (Å²) in [6.45, 7) is 0. The number of anilines is 2. The molecule has 2 heterocycles. The molecule has 0 aromatic heterocycles. The summed E-state index contributed by atoms with van der Waals surface area (Å²) in [6.07, 6.45) is 7.63. The van der Waals surface area contributed by atoms with Gasteiger partial charge in [-0.3, -0.25) is 4.79 Å². The maximum Gasteiger partial charge on any atom is 0.189 e. The quantitative estimate of drug-likeness (QED) is 0.389. The summed E-state index contributed by atoms with van der Waals surface area (Å²) < 4.78 is 18.3. The molecule has 3 N–H and O–H groups in total. The maximum absolute atomic E-state index is 13.1. The fourth-order valence-corrected chi connectivity index (χ4v) is 4.79. The van der Waals surface area contributed by atoms with Crippen LogP contribution in [0.1, 0.15) is 36.0 Å². The molecule has 7 heteroatoms. The van der Waals surface area contributed by atoms with E-state index in [-0.39, 0.29) is 11.6 Å². The Morgan fingerprint density at radius 2 is 1.90 bits per heavy atom. The number of piperidine rings is 1. The summed E-state index contributed by atoms with van der Waals surface area (Å²) in [5, 5.41) is 3.90. The van der Waals surface area contributed by atoms with Gasteiger partial charge in [0.05, 0.1) is 12.1 Å². The highest BCUT2D eigenvalue weighted by Gasteiger charge is 2.39. The number of carbonyl (C=O) groups is 1. The standard InChI is InChI=1S/C23H25ClFN3O2/c1-30-23-12-19(21(26)13-20(23)24)22(29)8-9-28-17-6-7-18(28)11-16(10-17)27-15-4-2-14(25)3-5-15/h2-5,8-9,12-13,16-18,27H,6-7,10-11,26H2,1H3/b9-8+/t16-,17+,18-. The zero-order chi connectivity index (χ0) is 21.3. The molecule has 0 aliphatic carbocycles. The number of hydrogen-bond donors (Lipinski definition) is 2. The molecule has 5 nitrogen and oxygen atoms in total. The maximum atomic E-state index is 13.1. The Balaban J connectivity index is 1.42. The van der Waals surface area contributed by atoms with Crippen molar-refractivity contribution in [3.05, 3.63) is 65.1 Å². The van der Waals surface area contributed by atoms with Crippen LogP contribution in [0.5, 0.6) is 5.75 Å². The smallest absolute Gasteiger partial charge is 0.189 e. The number of benzene rings is 2. The second-order valence-corrected chi connectivity index (χ2v) is 8.31. The van der Waals surface area contributed by atoms with Gasteiger partial charge in [-0.2, -0.15) is 0 Å². The van der Waals surface area contributed by atoms with E-state index in [4.69, 9.17) is 22.1 Å². The number of halogens is 2. The van der Waals surface area contributed by atoms with E-state index in [1.54, 1.807) is 24.3 Å². The highest BCUT2D eigenvalue weighted by molar-refractivity contribution is 6.32. The molecule has 2 fully saturated rings. The number of nitrogens with zero attached hydrogens (tertiary/aromatic N) is 1. The molecule has 2 aromatic rings. The van der Waals surface area contributed by atoms with Crippen molar-refractivity contribution >= 4 is 28.8 Å². The van der Waals surface area contributed by atoms with Crippen LogP contribution in [0, 0.1) is 5.82 Å². The number of rotatable bonds is 6. The van der Waals surface area contributed by atoms with Crippen molar-refractivity contribution in [3.63, 3.8) is 0 Å². The predicted molar refractivity (Wildman–Crippen MR) is 118 cm³/mol. The van der Waals surface area contributed by atoms with Crippen molar-refractivity contribution in [2.45, 2.75) is 43.8 Å². The number of allylic oxidation sites excluding steroid dienone is 1.